The molecule has 0 saturated heterocycles. The van der Waals surface area contributed by atoms with Crippen molar-refractivity contribution >= 4 is 35.4 Å². The Balaban J connectivity index is 0.000000845. The molecule has 0 aliphatic heterocycles. The summed E-state index contributed by atoms with van der Waals surface area (Å²) >= 11 is 0. The lowest BCUT2D eigenvalue weighted by Crippen LogP contribution is -2.69. The third kappa shape index (κ3) is 8.02. The van der Waals surface area contributed by atoms with Crippen molar-refractivity contribution < 1.29 is 53.9 Å². The second kappa shape index (κ2) is 13.6. The van der Waals surface area contributed by atoms with Gasteiger partial charge in [-0.1, -0.05) is 13.8 Å². The molecular weight excluding hydrogens is 494 g/mol. The molecule has 0 spiro atoms. The first kappa shape index (κ1) is 34.1. The van der Waals surface area contributed by atoms with Gasteiger partial charge in [-0.25, -0.2) is 4.79 Å². The number of esters is 1. The van der Waals surface area contributed by atoms with E-state index >= 15 is 0 Å². The first-order valence-electron chi connectivity index (χ1n) is 11.8. The van der Waals surface area contributed by atoms with E-state index in [-0.39, 0.29) is 25.4 Å². The molecule has 1 fully saturated rings. The molecule has 14 nitrogen and oxygen atoms in total. The molecule has 1 aliphatic carbocycles. The highest BCUT2D eigenvalue weighted by molar-refractivity contribution is 6.16. The zero-order chi connectivity index (χ0) is 29.4. The van der Waals surface area contributed by atoms with Crippen molar-refractivity contribution in [1.29, 1.82) is 0 Å². The van der Waals surface area contributed by atoms with Crippen LogP contribution in [0.15, 0.2) is 0 Å². The summed E-state index contributed by atoms with van der Waals surface area (Å²) in [6.45, 7) is 7.13. The lowest BCUT2D eigenvalue weighted by atomic mass is 9.63. The van der Waals surface area contributed by atoms with Gasteiger partial charge in [0.15, 0.2) is 17.2 Å². The summed E-state index contributed by atoms with van der Waals surface area (Å²) in [5, 5.41) is 33.8. The van der Waals surface area contributed by atoms with Crippen molar-refractivity contribution in [2.24, 2.45) is 28.5 Å². The summed E-state index contributed by atoms with van der Waals surface area (Å²) in [5.74, 6) is -6.61. The Labute approximate surface area is 214 Å². The SMILES string of the molecule is CCOC(=O)C1(N)CCCC1(C(=O)C(C)N)C(=O)C(N)CC(C)C.O=C(O)CC(O)(CC(=O)O)C(=O)O. The second-order valence-corrected chi connectivity index (χ2v) is 9.68. The number of rotatable bonds is 13. The Bertz CT molecular complexity index is 873. The largest absolute Gasteiger partial charge is 0.481 e. The number of carboxylic acids is 3. The molecule has 1 aliphatic rings. The summed E-state index contributed by atoms with van der Waals surface area (Å²) in [4.78, 5) is 69.1. The molecule has 0 aromatic heterocycles. The molecule has 0 aromatic carbocycles. The highest BCUT2D eigenvalue weighted by Gasteiger charge is 2.67. The maximum absolute atomic E-state index is 13.2. The van der Waals surface area contributed by atoms with E-state index in [4.69, 9.17) is 42.4 Å². The molecule has 4 atom stereocenters. The summed E-state index contributed by atoms with van der Waals surface area (Å²) in [7, 11) is 0. The van der Waals surface area contributed by atoms with Crippen LogP contribution in [0.1, 0.15) is 66.2 Å². The maximum Gasteiger partial charge on any atom is 0.336 e. The van der Waals surface area contributed by atoms with E-state index in [9.17, 15) is 28.8 Å². The van der Waals surface area contributed by atoms with Gasteiger partial charge in [0.25, 0.3) is 0 Å². The quantitative estimate of drug-likeness (QED) is 0.111. The molecule has 0 heterocycles. The normalized spacial score (nSPS) is 22.8. The van der Waals surface area contributed by atoms with E-state index in [1.807, 2.05) is 13.8 Å². The minimum absolute atomic E-state index is 0.118. The van der Waals surface area contributed by atoms with Crippen LogP contribution in [0.3, 0.4) is 0 Å². The van der Waals surface area contributed by atoms with Gasteiger partial charge in [0.05, 0.1) is 31.5 Å². The van der Waals surface area contributed by atoms with Gasteiger partial charge in [-0.05, 0) is 45.4 Å². The number of hydrogen-bond donors (Lipinski definition) is 7. The molecule has 0 amide bonds. The number of hydrogen-bond acceptors (Lipinski definition) is 11. The van der Waals surface area contributed by atoms with Crippen LogP contribution in [0.5, 0.6) is 0 Å². The van der Waals surface area contributed by atoms with E-state index in [1.54, 1.807) is 6.92 Å². The van der Waals surface area contributed by atoms with E-state index in [1.165, 1.54) is 6.92 Å². The molecule has 37 heavy (non-hydrogen) atoms. The van der Waals surface area contributed by atoms with Gasteiger partial charge in [0, 0.05) is 0 Å². The van der Waals surface area contributed by atoms with Crippen LogP contribution in [-0.4, -0.2) is 85.7 Å². The Kier molecular flexibility index (Phi) is 12.5. The number of aliphatic carboxylic acids is 3. The smallest absolute Gasteiger partial charge is 0.336 e. The summed E-state index contributed by atoms with van der Waals surface area (Å²) in [6, 6.07) is -1.79. The van der Waals surface area contributed by atoms with Crippen molar-refractivity contribution in [3.63, 3.8) is 0 Å². The van der Waals surface area contributed by atoms with Crippen molar-refractivity contribution in [3.05, 3.63) is 0 Å². The number of nitrogens with two attached hydrogens (primary N) is 3. The topological polar surface area (TPSA) is 271 Å². The summed E-state index contributed by atoms with van der Waals surface area (Å²) in [5.41, 5.74) is 12.0. The highest BCUT2D eigenvalue weighted by atomic mass is 16.5. The first-order valence-corrected chi connectivity index (χ1v) is 11.8. The van der Waals surface area contributed by atoms with Crippen LogP contribution < -0.4 is 17.2 Å². The van der Waals surface area contributed by atoms with Crippen LogP contribution >= 0.6 is 0 Å². The van der Waals surface area contributed by atoms with Crippen LogP contribution in [0.25, 0.3) is 0 Å². The molecule has 14 heteroatoms. The molecular formula is C23H39N3O11. The van der Waals surface area contributed by atoms with Gasteiger partial charge >= 0.3 is 23.9 Å². The van der Waals surface area contributed by atoms with Crippen molar-refractivity contribution in [1.82, 2.24) is 0 Å². The zero-order valence-electron chi connectivity index (χ0n) is 21.6. The van der Waals surface area contributed by atoms with Gasteiger partial charge in [0.2, 0.25) is 0 Å². The van der Waals surface area contributed by atoms with Gasteiger partial charge in [-0.2, -0.15) is 0 Å². The Hall–Kier alpha value is -2.94. The molecule has 0 aromatic rings. The van der Waals surface area contributed by atoms with Crippen LogP contribution in [-0.2, 0) is 33.5 Å². The number of carbonyl (C=O) groups is 6. The molecule has 10 N–H and O–H groups in total. The van der Waals surface area contributed by atoms with Gasteiger partial charge < -0.3 is 42.4 Å². The summed E-state index contributed by atoms with van der Waals surface area (Å²) in [6.07, 6.45) is -1.04. The molecule has 1 rings (SSSR count). The van der Waals surface area contributed by atoms with E-state index < -0.39 is 76.9 Å². The highest BCUT2D eigenvalue weighted by Crippen LogP contribution is 2.48. The third-order valence-electron chi connectivity index (χ3n) is 6.13. The summed E-state index contributed by atoms with van der Waals surface area (Å²) < 4.78 is 5.07. The number of aliphatic hydroxyl groups is 1. The lowest BCUT2D eigenvalue weighted by Gasteiger charge is -2.41. The standard InChI is InChI=1S/C17H31N3O4.C6H8O7/c1-5-24-15(23)17(20)8-6-7-16(17,13(21)11(4)18)14(22)12(19)9-10(2)3;7-3(8)1-6(13,5(11)12)2-4(9)10/h10-12H,5-9,18-20H2,1-4H3;13H,1-2H2,(H,7,8)(H,9,10)(H,11,12). The molecule has 212 valence electrons. The van der Waals surface area contributed by atoms with Crippen LogP contribution in [0.2, 0.25) is 0 Å². The monoisotopic (exact) mass is 533 g/mol. The van der Waals surface area contributed by atoms with Crippen LogP contribution in [0, 0.1) is 11.3 Å². The Morgan fingerprint density at radius 2 is 1.41 bits per heavy atom. The first-order chi connectivity index (χ1) is 16.8. The molecule has 4 unspecified atom stereocenters. The molecule has 0 radical (unpaired) electrons. The van der Waals surface area contributed by atoms with Gasteiger partial charge in [-0.15, -0.1) is 0 Å². The van der Waals surface area contributed by atoms with Gasteiger partial charge in [-0.3, -0.25) is 24.0 Å². The Morgan fingerprint density at radius 1 is 0.919 bits per heavy atom. The predicted molar refractivity (Wildman–Crippen MR) is 128 cm³/mol. The lowest BCUT2D eigenvalue weighted by molar-refractivity contribution is -0.170. The van der Waals surface area contributed by atoms with E-state index in [0.717, 1.165) is 0 Å². The number of carboxylic acid groups (broad SMARTS) is 3. The second-order valence-electron chi connectivity index (χ2n) is 9.68. The fourth-order valence-electron chi connectivity index (χ4n) is 4.45. The average Bonchev–Trinajstić information content (AvgIpc) is 3.10. The number of carbonyl (C=O) groups excluding carboxylic acids is 3. The molecule has 0 bridgehead atoms. The zero-order valence-corrected chi connectivity index (χ0v) is 21.6. The number of ether oxygens (including phenoxy) is 1. The van der Waals surface area contributed by atoms with E-state index in [2.05, 4.69) is 0 Å². The fourth-order valence-corrected chi connectivity index (χ4v) is 4.45. The average molecular weight is 534 g/mol. The molecule has 1 saturated carbocycles. The number of Topliss-reactive ketones (excluding diaryl/α,β-unsaturated/α-hetero) is 2. The van der Waals surface area contributed by atoms with Crippen molar-refractivity contribution in [2.75, 3.05) is 6.61 Å². The minimum atomic E-state index is -2.74. The van der Waals surface area contributed by atoms with E-state index in [0.29, 0.717) is 12.8 Å². The maximum atomic E-state index is 13.2. The number of ketones is 2. The van der Waals surface area contributed by atoms with Gasteiger partial charge in [0.1, 0.15) is 11.0 Å². The van der Waals surface area contributed by atoms with Crippen molar-refractivity contribution in [2.45, 2.75) is 89.4 Å². The van der Waals surface area contributed by atoms with Crippen molar-refractivity contribution in [3.8, 4) is 0 Å². The predicted octanol–water partition coefficient (Wildman–Crippen LogP) is -0.972. The fraction of sp³-hybridized carbons (Fsp3) is 0.739. The Morgan fingerprint density at radius 3 is 1.76 bits per heavy atom. The third-order valence-corrected chi connectivity index (χ3v) is 6.13. The van der Waals surface area contributed by atoms with Crippen LogP contribution in [0.4, 0.5) is 0 Å². The minimum Gasteiger partial charge on any atom is -0.481 e.